The van der Waals surface area contributed by atoms with E-state index in [4.69, 9.17) is 8.83 Å². The fourth-order valence-corrected chi connectivity index (χ4v) is 4.82. The lowest BCUT2D eigenvalue weighted by molar-refractivity contribution is 0.624. The molecular formula is C29H18O2. The van der Waals surface area contributed by atoms with Crippen LogP contribution in [0.3, 0.4) is 0 Å². The van der Waals surface area contributed by atoms with Crippen molar-refractivity contribution in [2.75, 3.05) is 0 Å². The van der Waals surface area contributed by atoms with E-state index in [1.165, 1.54) is 22.3 Å². The lowest BCUT2D eigenvalue weighted by Gasteiger charge is -2.10. The number of rotatable bonds is 2. The van der Waals surface area contributed by atoms with Gasteiger partial charge < -0.3 is 8.83 Å². The Morgan fingerprint density at radius 1 is 0.452 bits per heavy atom. The Morgan fingerprint density at radius 2 is 1.03 bits per heavy atom. The van der Waals surface area contributed by atoms with Crippen LogP contribution in [-0.4, -0.2) is 0 Å². The number of hydrogen-bond acceptors (Lipinski definition) is 2. The molecular weight excluding hydrogens is 380 g/mol. The van der Waals surface area contributed by atoms with Crippen molar-refractivity contribution in [3.63, 3.8) is 0 Å². The zero-order chi connectivity index (χ0) is 20.4. The highest BCUT2D eigenvalue weighted by molar-refractivity contribution is 5.94. The summed E-state index contributed by atoms with van der Waals surface area (Å²) in [5.74, 6) is 1.74. The molecule has 7 rings (SSSR count). The lowest BCUT2D eigenvalue weighted by Crippen LogP contribution is -1.88. The molecule has 0 amide bonds. The quantitative estimate of drug-likeness (QED) is 0.294. The largest absolute Gasteiger partial charge is 0.456 e. The van der Waals surface area contributed by atoms with E-state index in [9.17, 15) is 0 Å². The van der Waals surface area contributed by atoms with Gasteiger partial charge in [-0.15, -0.1) is 0 Å². The van der Waals surface area contributed by atoms with Gasteiger partial charge in [0.1, 0.15) is 22.7 Å². The molecule has 1 aliphatic carbocycles. The summed E-state index contributed by atoms with van der Waals surface area (Å²) in [5, 5.41) is 2.21. The molecule has 0 atom stereocenters. The van der Waals surface area contributed by atoms with Gasteiger partial charge in [-0.2, -0.15) is 0 Å². The van der Waals surface area contributed by atoms with E-state index < -0.39 is 0 Å². The van der Waals surface area contributed by atoms with E-state index in [1.54, 1.807) is 0 Å². The van der Waals surface area contributed by atoms with Crippen LogP contribution in [-0.2, 0) is 6.42 Å². The number of furan rings is 2. The molecule has 0 aliphatic heterocycles. The Morgan fingerprint density at radius 3 is 1.71 bits per heavy atom. The summed E-state index contributed by atoms with van der Waals surface area (Å²) in [4.78, 5) is 0. The van der Waals surface area contributed by atoms with Crippen molar-refractivity contribution in [3.05, 3.63) is 108 Å². The van der Waals surface area contributed by atoms with Gasteiger partial charge in [-0.05, 0) is 65.1 Å². The van der Waals surface area contributed by atoms with Crippen LogP contribution in [0.2, 0.25) is 0 Å². The van der Waals surface area contributed by atoms with Crippen molar-refractivity contribution in [1.82, 2.24) is 0 Å². The van der Waals surface area contributed by atoms with Crippen LogP contribution in [0, 0.1) is 0 Å². The minimum Gasteiger partial charge on any atom is -0.456 e. The van der Waals surface area contributed by atoms with Gasteiger partial charge in [0.15, 0.2) is 0 Å². The maximum absolute atomic E-state index is 6.30. The number of benzene rings is 4. The smallest absolute Gasteiger partial charge is 0.136 e. The molecule has 2 heteroatoms. The average Bonchev–Trinajstić information content (AvgIpc) is 3.51. The molecule has 31 heavy (non-hydrogen) atoms. The van der Waals surface area contributed by atoms with Gasteiger partial charge in [-0.25, -0.2) is 0 Å². The van der Waals surface area contributed by atoms with Crippen LogP contribution in [0.1, 0.15) is 11.1 Å². The molecule has 0 N–H and O–H groups in total. The predicted molar refractivity (Wildman–Crippen MR) is 125 cm³/mol. The maximum Gasteiger partial charge on any atom is 0.136 e. The predicted octanol–water partition coefficient (Wildman–Crippen LogP) is 8.08. The summed E-state index contributed by atoms with van der Waals surface area (Å²) in [6, 6.07) is 33.8. The second-order valence-corrected chi connectivity index (χ2v) is 8.19. The third-order valence-corrected chi connectivity index (χ3v) is 6.31. The Balaban J connectivity index is 1.52. The zero-order valence-corrected chi connectivity index (χ0v) is 16.8. The van der Waals surface area contributed by atoms with Gasteiger partial charge >= 0.3 is 0 Å². The third kappa shape index (κ3) is 2.52. The summed E-state index contributed by atoms with van der Waals surface area (Å²) in [7, 11) is 0. The van der Waals surface area contributed by atoms with Gasteiger partial charge in [-0.1, -0.05) is 60.7 Å². The second kappa shape index (κ2) is 6.23. The van der Waals surface area contributed by atoms with E-state index in [1.807, 2.05) is 36.4 Å². The van der Waals surface area contributed by atoms with Crippen LogP contribution < -0.4 is 0 Å². The van der Waals surface area contributed by atoms with Gasteiger partial charge in [0, 0.05) is 21.9 Å². The summed E-state index contributed by atoms with van der Waals surface area (Å²) in [5.41, 5.74) is 9.22. The highest BCUT2D eigenvalue weighted by Crippen LogP contribution is 2.45. The van der Waals surface area contributed by atoms with E-state index in [2.05, 4.69) is 60.7 Å². The molecule has 6 aromatic rings. The summed E-state index contributed by atoms with van der Waals surface area (Å²) in [6.07, 6.45) is 0.944. The normalized spacial score (nSPS) is 12.4. The van der Waals surface area contributed by atoms with Crippen LogP contribution in [0.15, 0.2) is 106 Å². The molecule has 0 saturated carbocycles. The van der Waals surface area contributed by atoms with Crippen molar-refractivity contribution >= 4 is 21.9 Å². The first-order valence-corrected chi connectivity index (χ1v) is 10.6. The van der Waals surface area contributed by atoms with E-state index in [-0.39, 0.29) is 0 Å². The third-order valence-electron chi connectivity index (χ3n) is 6.31. The highest BCUT2D eigenvalue weighted by Gasteiger charge is 2.24. The molecule has 0 radical (unpaired) electrons. The van der Waals surface area contributed by atoms with E-state index in [0.29, 0.717) is 0 Å². The molecule has 0 fully saturated rings. The van der Waals surface area contributed by atoms with Crippen LogP contribution >= 0.6 is 0 Å². The SMILES string of the molecule is c1ccc2c(c1)Cc1cc(-c3cc4ccccc4o3)c(-c3cc4ccccc4o3)cc1-2. The first-order chi connectivity index (χ1) is 15.3. The fourth-order valence-electron chi connectivity index (χ4n) is 4.82. The molecule has 4 aromatic carbocycles. The van der Waals surface area contributed by atoms with Crippen molar-refractivity contribution < 1.29 is 8.83 Å². The molecule has 146 valence electrons. The minimum absolute atomic E-state index is 0.865. The van der Waals surface area contributed by atoms with Crippen molar-refractivity contribution in [3.8, 4) is 33.8 Å². The zero-order valence-electron chi connectivity index (χ0n) is 16.8. The Labute approximate surface area is 179 Å². The first kappa shape index (κ1) is 16.7. The summed E-state index contributed by atoms with van der Waals surface area (Å²) >= 11 is 0. The minimum atomic E-state index is 0.865. The van der Waals surface area contributed by atoms with E-state index in [0.717, 1.165) is 51.0 Å². The van der Waals surface area contributed by atoms with Gasteiger partial charge in [0.05, 0.1) is 0 Å². The first-order valence-electron chi connectivity index (χ1n) is 10.6. The van der Waals surface area contributed by atoms with Crippen molar-refractivity contribution in [1.29, 1.82) is 0 Å². The van der Waals surface area contributed by atoms with Crippen LogP contribution in [0.25, 0.3) is 55.7 Å². The van der Waals surface area contributed by atoms with E-state index >= 15 is 0 Å². The van der Waals surface area contributed by atoms with Crippen molar-refractivity contribution in [2.45, 2.75) is 6.42 Å². The van der Waals surface area contributed by atoms with Gasteiger partial charge in [0.2, 0.25) is 0 Å². The standard InChI is InChI=1S/C29H18O2/c1-4-10-22-18(7-1)13-21-14-24(28-15-19-8-2-5-11-26(19)30-28)25(17-23(21)22)29-16-20-9-3-6-12-27(20)31-29/h1-12,14-17H,13H2. The monoisotopic (exact) mass is 398 g/mol. The van der Waals surface area contributed by atoms with Gasteiger partial charge in [-0.3, -0.25) is 0 Å². The van der Waals surface area contributed by atoms with Crippen molar-refractivity contribution in [2.24, 2.45) is 0 Å². The number of para-hydroxylation sites is 2. The second-order valence-electron chi connectivity index (χ2n) is 8.19. The number of hydrogen-bond donors (Lipinski definition) is 0. The summed E-state index contributed by atoms with van der Waals surface area (Å²) in [6.45, 7) is 0. The molecule has 0 bridgehead atoms. The summed E-state index contributed by atoms with van der Waals surface area (Å²) < 4.78 is 12.6. The fraction of sp³-hybridized carbons (Fsp3) is 0.0345. The molecule has 1 aliphatic rings. The Kier molecular flexibility index (Phi) is 3.36. The van der Waals surface area contributed by atoms with Gasteiger partial charge in [0.25, 0.3) is 0 Å². The van der Waals surface area contributed by atoms with Crippen LogP contribution in [0.4, 0.5) is 0 Å². The molecule has 2 aromatic heterocycles. The molecule has 2 nitrogen and oxygen atoms in total. The number of fused-ring (bicyclic) bond motifs is 5. The molecule has 0 saturated heterocycles. The lowest BCUT2D eigenvalue weighted by atomic mass is 9.95. The molecule has 0 spiro atoms. The molecule has 0 unspecified atom stereocenters. The average molecular weight is 398 g/mol. The maximum atomic E-state index is 6.30. The Hall–Kier alpha value is -4.04. The highest BCUT2D eigenvalue weighted by atomic mass is 16.3. The van der Waals surface area contributed by atoms with Crippen LogP contribution in [0.5, 0.6) is 0 Å². The molecule has 2 heterocycles. The topological polar surface area (TPSA) is 26.3 Å². The Bertz CT molecular complexity index is 1550.